The zero-order chi connectivity index (χ0) is 21.3. The first-order chi connectivity index (χ1) is 14.4. The lowest BCUT2D eigenvalue weighted by Gasteiger charge is -2.12. The monoisotopic (exact) mass is 421 g/mol. The molecule has 0 aliphatic carbocycles. The van der Waals surface area contributed by atoms with Gasteiger partial charge in [-0.2, -0.15) is 0 Å². The Morgan fingerprint density at radius 1 is 0.900 bits per heavy atom. The normalized spacial score (nSPS) is 12.7. The van der Waals surface area contributed by atoms with Crippen molar-refractivity contribution in [2.45, 2.75) is 17.2 Å². The Morgan fingerprint density at radius 3 is 2.20 bits per heavy atom. The highest BCUT2D eigenvalue weighted by Crippen LogP contribution is 2.33. The van der Waals surface area contributed by atoms with Crippen LogP contribution in [0.2, 0.25) is 0 Å². The van der Waals surface area contributed by atoms with Gasteiger partial charge < -0.3 is 10.2 Å². The van der Waals surface area contributed by atoms with Crippen LogP contribution in [0.1, 0.15) is 17.0 Å². The summed E-state index contributed by atoms with van der Waals surface area (Å²) in [5, 5.41) is 20.0. The van der Waals surface area contributed by atoms with Crippen molar-refractivity contribution in [2.24, 2.45) is 0 Å². The predicted octanol–water partition coefficient (Wildman–Crippen LogP) is 3.99. The minimum atomic E-state index is -3.98. The second-order valence-electron chi connectivity index (χ2n) is 6.98. The Labute approximate surface area is 173 Å². The van der Waals surface area contributed by atoms with E-state index in [1.54, 1.807) is 24.3 Å². The molecule has 1 atom stereocenters. The third kappa shape index (κ3) is 3.55. The van der Waals surface area contributed by atoms with Crippen LogP contribution in [0.5, 0.6) is 5.75 Å². The average Bonchev–Trinajstić information content (AvgIpc) is 3.13. The molecule has 1 heterocycles. The highest BCUT2D eigenvalue weighted by Gasteiger charge is 2.28. The van der Waals surface area contributed by atoms with Gasteiger partial charge in [-0.1, -0.05) is 48.5 Å². The van der Waals surface area contributed by atoms with E-state index >= 15 is 0 Å². The molecular formula is C23H19NO5S. The summed E-state index contributed by atoms with van der Waals surface area (Å²) in [6, 6.07) is 21.3. The number of phenolic OH excluding ortho intramolecular Hbond substituents is 1. The number of aromatic hydroxyl groups is 1. The molecule has 1 aromatic heterocycles. The molecular weight excluding hydrogens is 402 g/mol. The molecule has 2 N–H and O–H groups in total. The fraction of sp³-hybridized carbons (Fsp3) is 0.0870. The number of rotatable bonds is 6. The summed E-state index contributed by atoms with van der Waals surface area (Å²) in [6.07, 6.45) is 1.64. The van der Waals surface area contributed by atoms with Gasteiger partial charge in [-0.15, -0.1) is 0 Å². The Bertz CT molecular complexity index is 1310. The van der Waals surface area contributed by atoms with Gasteiger partial charge >= 0.3 is 5.97 Å². The van der Waals surface area contributed by atoms with E-state index in [-0.39, 0.29) is 17.1 Å². The van der Waals surface area contributed by atoms with Gasteiger partial charge in [-0.05, 0) is 47.9 Å². The van der Waals surface area contributed by atoms with Gasteiger partial charge in [0.25, 0.3) is 10.0 Å². The SMILES string of the molecule is O=C(O)C(Cc1ccccc1)c1cn(S(=O)(=O)c2ccc(O)cc2)c2ccccc12. The Morgan fingerprint density at radius 2 is 1.53 bits per heavy atom. The maximum atomic E-state index is 13.3. The van der Waals surface area contributed by atoms with Gasteiger partial charge in [-0.3, -0.25) is 4.79 Å². The molecule has 152 valence electrons. The topological polar surface area (TPSA) is 96.6 Å². The van der Waals surface area contributed by atoms with Crippen molar-refractivity contribution in [3.63, 3.8) is 0 Å². The lowest BCUT2D eigenvalue weighted by molar-refractivity contribution is -0.138. The summed E-state index contributed by atoms with van der Waals surface area (Å²) in [6.45, 7) is 0. The van der Waals surface area contributed by atoms with Crippen molar-refractivity contribution < 1.29 is 23.4 Å². The van der Waals surface area contributed by atoms with Crippen LogP contribution in [0, 0.1) is 0 Å². The summed E-state index contributed by atoms with van der Waals surface area (Å²) >= 11 is 0. The fourth-order valence-electron chi connectivity index (χ4n) is 3.56. The fourth-order valence-corrected chi connectivity index (χ4v) is 4.94. The number of hydrogen-bond acceptors (Lipinski definition) is 4. The number of para-hydroxylation sites is 1. The molecule has 0 saturated carbocycles. The van der Waals surface area contributed by atoms with Crippen molar-refractivity contribution in [1.82, 2.24) is 3.97 Å². The minimum absolute atomic E-state index is 0.00235. The first-order valence-corrected chi connectivity index (χ1v) is 10.7. The van der Waals surface area contributed by atoms with Crippen molar-refractivity contribution in [3.8, 4) is 5.75 Å². The molecule has 1 unspecified atom stereocenters. The number of fused-ring (bicyclic) bond motifs is 1. The largest absolute Gasteiger partial charge is 0.508 e. The number of carbonyl (C=O) groups is 1. The van der Waals surface area contributed by atoms with Crippen molar-refractivity contribution >= 4 is 26.9 Å². The number of nitrogens with zero attached hydrogens (tertiary/aromatic N) is 1. The van der Waals surface area contributed by atoms with Gasteiger partial charge in [0.05, 0.1) is 16.3 Å². The quantitative estimate of drug-likeness (QED) is 0.491. The van der Waals surface area contributed by atoms with Crippen molar-refractivity contribution in [2.75, 3.05) is 0 Å². The van der Waals surface area contributed by atoms with Gasteiger partial charge in [-0.25, -0.2) is 12.4 Å². The van der Waals surface area contributed by atoms with Crippen molar-refractivity contribution in [1.29, 1.82) is 0 Å². The van der Waals surface area contributed by atoms with E-state index in [4.69, 9.17) is 0 Å². The molecule has 0 fully saturated rings. The maximum absolute atomic E-state index is 13.3. The van der Waals surface area contributed by atoms with Crippen LogP contribution in [-0.2, 0) is 21.2 Å². The standard InChI is InChI=1S/C23H19NO5S/c25-17-10-12-18(13-11-17)30(28,29)24-15-21(19-8-4-5-9-22(19)24)20(23(26)27)14-16-6-2-1-3-7-16/h1-13,15,20,25H,14H2,(H,26,27). The molecule has 30 heavy (non-hydrogen) atoms. The molecule has 3 aromatic carbocycles. The highest BCUT2D eigenvalue weighted by atomic mass is 32.2. The zero-order valence-electron chi connectivity index (χ0n) is 15.8. The number of aromatic nitrogens is 1. The van der Waals surface area contributed by atoms with Crippen LogP contribution >= 0.6 is 0 Å². The van der Waals surface area contributed by atoms with Crippen LogP contribution in [0.3, 0.4) is 0 Å². The molecule has 0 spiro atoms. The summed E-state index contributed by atoms with van der Waals surface area (Å²) in [5.41, 5.74) is 1.69. The van der Waals surface area contributed by atoms with E-state index in [2.05, 4.69) is 0 Å². The van der Waals surface area contributed by atoms with Crippen molar-refractivity contribution in [3.05, 3.63) is 96.2 Å². The lowest BCUT2D eigenvalue weighted by Crippen LogP contribution is -2.15. The highest BCUT2D eigenvalue weighted by molar-refractivity contribution is 7.90. The Balaban J connectivity index is 1.88. The molecule has 0 aliphatic rings. The first-order valence-electron chi connectivity index (χ1n) is 9.29. The predicted molar refractivity (Wildman–Crippen MR) is 113 cm³/mol. The van der Waals surface area contributed by atoms with Crippen LogP contribution < -0.4 is 0 Å². The van der Waals surface area contributed by atoms with E-state index in [9.17, 15) is 23.4 Å². The molecule has 4 aromatic rings. The van der Waals surface area contributed by atoms with E-state index < -0.39 is 21.9 Å². The second-order valence-corrected chi connectivity index (χ2v) is 8.79. The molecule has 0 amide bonds. The molecule has 0 saturated heterocycles. The Kier molecular flexibility index (Phi) is 5.05. The van der Waals surface area contributed by atoms with Gasteiger partial charge in [0.15, 0.2) is 0 Å². The maximum Gasteiger partial charge on any atom is 0.311 e. The van der Waals surface area contributed by atoms with Crippen LogP contribution in [-0.4, -0.2) is 28.6 Å². The molecule has 0 aliphatic heterocycles. The second kappa shape index (κ2) is 7.68. The summed E-state index contributed by atoms with van der Waals surface area (Å²) in [5.74, 6) is -1.97. The number of carboxylic acids is 1. The zero-order valence-corrected chi connectivity index (χ0v) is 16.7. The molecule has 6 nitrogen and oxygen atoms in total. The third-order valence-corrected chi connectivity index (χ3v) is 6.75. The van der Waals surface area contributed by atoms with Gasteiger partial charge in [0, 0.05) is 11.6 Å². The number of hydrogen-bond donors (Lipinski definition) is 2. The number of aliphatic carboxylic acids is 1. The van der Waals surface area contributed by atoms with E-state index in [1.165, 1.54) is 30.5 Å². The number of carboxylic acid groups (broad SMARTS) is 1. The van der Waals surface area contributed by atoms with Gasteiger partial charge in [0.1, 0.15) is 5.75 Å². The number of phenols is 1. The minimum Gasteiger partial charge on any atom is -0.508 e. The van der Waals surface area contributed by atoms with Crippen LogP contribution in [0.25, 0.3) is 10.9 Å². The molecule has 7 heteroatoms. The summed E-state index contributed by atoms with van der Waals surface area (Å²) in [7, 11) is -3.98. The third-order valence-electron chi connectivity index (χ3n) is 5.06. The summed E-state index contributed by atoms with van der Waals surface area (Å²) in [4.78, 5) is 12.1. The smallest absolute Gasteiger partial charge is 0.311 e. The van der Waals surface area contributed by atoms with Crippen LogP contribution in [0.15, 0.2) is 90.0 Å². The van der Waals surface area contributed by atoms with E-state index in [0.29, 0.717) is 16.5 Å². The first kappa shape index (κ1) is 19.7. The van der Waals surface area contributed by atoms with E-state index in [0.717, 1.165) is 9.54 Å². The lowest BCUT2D eigenvalue weighted by atomic mass is 9.92. The number of benzene rings is 3. The van der Waals surface area contributed by atoms with Gasteiger partial charge in [0.2, 0.25) is 0 Å². The average molecular weight is 421 g/mol. The van der Waals surface area contributed by atoms with E-state index in [1.807, 2.05) is 30.3 Å². The van der Waals surface area contributed by atoms with Crippen LogP contribution in [0.4, 0.5) is 0 Å². The molecule has 0 bridgehead atoms. The molecule has 4 rings (SSSR count). The molecule has 0 radical (unpaired) electrons. The summed E-state index contributed by atoms with van der Waals surface area (Å²) < 4.78 is 27.6. The Hall–Kier alpha value is -3.58.